The average Bonchev–Trinajstić information content (AvgIpc) is 2.45. The minimum absolute atomic E-state index is 0.291. The molecule has 5 heteroatoms. The number of hydrogen-bond donors (Lipinski definition) is 1. The first-order valence-electron chi connectivity index (χ1n) is 7.61. The Kier molecular flexibility index (Phi) is 5.41. The molecule has 0 aromatic heterocycles. The van der Waals surface area contributed by atoms with Gasteiger partial charge in [-0.05, 0) is 44.7 Å². The van der Waals surface area contributed by atoms with E-state index in [-0.39, 0.29) is 0 Å². The number of sulfonamides is 1. The lowest BCUT2D eigenvalue weighted by molar-refractivity contribution is 0.257. The molecule has 0 amide bonds. The van der Waals surface area contributed by atoms with Crippen LogP contribution in [0, 0.1) is 12.8 Å². The zero-order valence-corrected chi connectivity index (χ0v) is 14.0. The van der Waals surface area contributed by atoms with E-state index in [0.29, 0.717) is 25.0 Å². The molecule has 0 saturated carbocycles. The van der Waals surface area contributed by atoms with Gasteiger partial charge in [0, 0.05) is 19.1 Å². The zero-order valence-electron chi connectivity index (χ0n) is 13.2. The summed E-state index contributed by atoms with van der Waals surface area (Å²) in [5.74, 6) is 0.404. The number of benzene rings is 1. The SMILES string of the molecule is Cc1ccc([C@H](C)NCC2CCCN(S(C)(=O)=O)C2)cc1. The van der Waals surface area contributed by atoms with E-state index < -0.39 is 10.0 Å². The molecule has 0 bridgehead atoms. The van der Waals surface area contributed by atoms with Crippen LogP contribution in [0.3, 0.4) is 0 Å². The first-order valence-corrected chi connectivity index (χ1v) is 9.46. The summed E-state index contributed by atoms with van der Waals surface area (Å²) in [7, 11) is -3.05. The molecule has 1 aliphatic rings. The predicted octanol–water partition coefficient (Wildman–Crippen LogP) is 2.32. The molecule has 1 unspecified atom stereocenters. The molecule has 1 aliphatic heterocycles. The van der Waals surface area contributed by atoms with Gasteiger partial charge < -0.3 is 5.32 Å². The fraction of sp³-hybridized carbons (Fsp3) is 0.625. The van der Waals surface area contributed by atoms with E-state index in [1.165, 1.54) is 17.4 Å². The summed E-state index contributed by atoms with van der Waals surface area (Å²) >= 11 is 0. The summed E-state index contributed by atoms with van der Waals surface area (Å²) in [4.78, 5) is 0. The van der Waals surface area contributed by atoms with Crippen molar-refractivity contribution in [2.75, 3.05) is 25.9 Å². The van der Waals surface area contributed by atoms with Crippen molar-refractivity contribution in [2.45, 2.75) is 32.7 Å². The van der Waals surface area contributed by atoms with Crippen molar-refractivity contribution in [2.24, 2.45) is 5.92 Å². The largest absolute Gasteiger partial charge is 0.310 e. The van der Waals surface area contributed by atoms with Gasteiger partial charge in [-0.25, -0.2) is 12.7 Å². The number of aryl methyl sites for hydroxylation is 1. The molecule has 0 radical (unpaired) electrons. The van der Waals surface area contributed by atoms with Crippen molar-refractivity contribution in [1.29, 1.82) is 0 Å². The smallest absolute Gasteiger partial charge is 0.211 e. The second-order valence-corrected chi connectivity index (χ2v) is 8.15. The van der Waals surface area contributed by atoms with E-state index in [0.717, 1.165) is 19.4 Å². The molecule has 118 valence electrons. The highest BCUT2D eigenvalue weighted by atomic mass is 32.2. The van der Waals surface area contributed by atoms with Crippen molar-refractivity contribution in [3.8, 4) is 0 Å². The van der Waals surface area contributed by atoms with Crippen LogP contribution in [-0.4, -0.2) is 38.6 Å². The molecule has 1 heterocycles. The molecule has 21 heavy (non-hydrogen) atoms. The van der Waals surface area contributed by atoms with Crippen molar-refractivity contribution in [3.05, 3.63) is 35.4 Å². The molecule has 0 aliphatic carbocycles. The van der Waals surface area contributed by atoms with Gasteiger partial charge in [0.05, 0.1) is 6.26 Å². The fourth-order valence-electron chi connectivity index (χ4n) is 2.81. The number of nitrogens with one attached hydrogen (secondary N) is 1. The normalized spacial score (nSPS) is 22.1. The first-order chi connectivity index (χ1) is 9.86. The molecule has 1 aromatic carbocycles. The van der Waals surface area contributed by atoms with Crippen LogP contribution in [0.4, 0.5) is 0 Å². The highest BCUT2D eigenvalue weighted by molar-refractivity contribution is 7.88. The highest BCUT2D eigenvalue weighted by Crippen LogP contribution is 2.19. The van der Waals surface area contributed by atoms with E-state index in [2.05, 4.69) is 43.4 Å². The number of rotatable bonds is 5. The lowest BCUT2D eigenvalue weighted by Crippen LogP contribution is -2.42. The molecular weight excluding hydrogens is 284 g/mol. The van der Waals surface area contributed by atoms with Crippen LogP contribution >= 0.6 is 0 Å². The van der Waals surface area contributed by atoms with Gasteiger partial charge in [-0.2, -0.15) is 0 Å². The zero-order chi connectivity index (χ0) is 15.5. The van der Waals surface area contributed by atoms with E-state index >= 15 is 0 Å². The number of nitrogens with zero attached hydrogens (tertiary/aromatic N) is 1. The van der Waals surface area contributed by atoms with E-state index in [9.17, 15) is 8.42 Å². The minimum atomic E-state index is -3.05. The lowest BCUT2D eigenvalue weighted by atomic mass is 9.98. The maximum Gasteiger partial charge on any atom is 0.211 e. The second-order valence-electron chi connectivity index (χ2n) is 6.17. The molecule has 2 atom stereocenters. The Balaban J connectivity index is 1.86. The van der Waals surface area contributed by atoms with Crippen molar-refractivity contribution >= 4 is 10.0 Å². The Labute approximate surface area is 128 Å². The maximum absolute atomic E-state index is 11.6. The Morgan fingerprint density at radius 3 is 2.62 bits per heavy atom. The molecule has 1 fully saturated rings. The Morgan fingerprint density at radius 2 is 2.00 bits per heavy atom. The van der Waals surface area contributed by atoms with Crippen LogP contribution in [0.1, 0.15) is 36.9 Å². The quantitative estimate of drug-likeness (QED) is 0.908. The van der Waals surface area contributed by atoms with Crippen LogP contribution in [-0.2, 0) is 10.0 Å². The Morgan fingerprint density at radius 1 is 1.33 bits per heavy atom. The predicted molar refractivity (Wildman–Crippen MR) is 86.7 cm³/mol. The molecule has 1 N–H and O–H groups in total. The van der Waals surface area contributed by atoms with E-state index in [4.69, 9.17) is 0 Å². The average molecular weight is 310 g/mol. The summed E-state index contributed by atoms with van der Waals surface area (Å²) in [6, 6.07) is 8.84. The molecule has 0 spiro atoms. The summed E-state index contributed by atoms with van der Waals surface area (Å²) in [5.41, 5.74) is 2.54. The van der Waals surface area contributed by atoms with Crippen molar-refractivity contribution in [1.82, 2.24) is 9.62 Å². The van der Waals surface area contributed by atoms with E-state index in [1.54, 1.807) is 4.31 Å². The summed E-state index contributed by atoms with van der Waals surface area (Å²) in [5, 5.41) is 3.54. The summed E-state index contributed by atoms with van der Waals surface area (Å²) < 4.78 is 24.9. The topological polar surface area (TPSA) is 49.4 Å². The Hall–Kier alpha value is -0.910. The van der Waals surface area contributed by atoms with Crippen molar-refractivity contribution < 1.29 is 8.42 Å². The van der Waals surface area contributed by atoms with Gasteiger partial charge in [0.1, 0.15) is 0 Å². The first kappa shape index (κ1) is 16.5. The standard InChI is InChI=1S/C16H26N2O2S/c1-13-6-8-16(9-7-13)14(2)17-11-15-5-4-10-18(12-15)21(3,19)20/h6-9,14-15,17H,4-5,10-12H2,1-3H3/t14-,15?/m0/s1. The highest BCUT2D eigenvalue weighted by Gasteiger charge is 2.25. The second kappa shape index (κ2) is 6.90. The fourth-order valence-corrected chi connectivity index (χ4v) is 3.75. The number of piperidine rings is 1. The van der Waals surface area contributed by atoms with Gasteiger partial charge >= 0.3 is 0 Å². The summed E-state index contributed by atoms with van der Waals surface area (Å²) in [6.45, 7) is 6.42. The lowest BCUT2D eigenvalue weighted by Gasteiger charge is -2.31. The molecule has 1 aromatic rings. The van der Waals surface area contributed by atoms with Crippen LogP contribution < -0.4 is 5.32 Å². The third kappa shape index (κ3) is 4.80. The molecule has 4 nitrogen and oxygen atoms in total. The van der Waals surface area contributed by atoms with Crippen LogP contribution in [0.5, 0.6) is 0 Å². The van der Waals surface area contributed by atoms with Gasteiger partial charge in [0.15, 0.2) is 0 Å². The Bertz CT molecular complexity index is 554. The van der Waals surface area contributed by atoms with Gasteiger partial charge in [0.2, 0.25) is 10.0 Å². The minimum Gasteiger partial charge on any atom is -0.310 e. The summed E-state index contributed by atoms with van der Waals surface area (Å²) in [6.07, 6.45) is 3.36. The third-order valence-corrected chi connectivity index (χ3v) is 5.51. The third-order valence-electron chi connectivity index (χ3n) is 4.24. The van der Waals surface area contributed by atoms with Crippen molar-refractivity contribution in [3.63, 3.8) is 0 Å². The molecule has 1 saturated heterocycles. The van der Waals surface area contributed by atoms with Gasteiger partial charge in [-0.3, -0.25) is 0 Å². The van der Waals surface area contributed by atoms with Gasteiger partial charge in [0.25, 0.3) is 0 Å². The monoisotopic (exact) mass is 310 g/mol. The number of hydrogen-bond acceptors (Lipinski definition) is 3. The van der Waals surface area contributed by atoms with Crippen LogP contribution in [0.2, 0.25) is 0 Å². The van der Waals surface area contributed by atoms with Gasteiger partial charge in [-0.1, -0.05) is 29.8 Å². The van der Waals surface area contributed by atoms with Crippen LogP contribution in [0.25, 0.3) is 0 Å². The van der Waals surface area contributed by atoms with E-state index in [1.807, 2.05) is 0 Å². The molecular formula is C16H26N2O2S. The van der Waals surface area contributed by atoms with Crippen LogP contribution in [0.15, 0.2) is 24.3 Å². The molecule has 2 rings (SSSR count). The maximum atomic E-state index is 11.6. The van der Waals surface area contributed by atoms with Gasteiger partial charge in [-0.15, -0.1) is 0 Å².